The second-order valence-electron chi connectivity index (χ2n) is 3.02. The lowest BCUT2D eigenvalue weighted by atomic mass is 10.1. The highest BCUT2D eigenvalue weighted by atomic mass is 35.5. The predicted molar refractivity (Wildman–Crippen MR) is 57.7 cm³/mol. The molecule has 0 saturated heterocycles. The number of rotatable bonds is 0. The molecule has 0 bridgehead atoms. The van der Waals surface area contributed by atoms with E-state index in [9.17, 15) is 0 Å². The van der Waals surface area contributed by atoms with Crippen LogP contribution in [0.5, 0.6) is 0 Å². The fraction of sp³-hybridized carbons (Fsp3) is 0.625. The number of aromatic nitrogens is 2. The molecule has 2 heterocycles. The van der Waals surface area contributed by atoms with E-state index in [1.807, 2.05) is 17.9 Å². The van der Waals surface area contributed by atoms with Gasteiger partial charge in [-0.1, -0.05) is 0 Å². The van der Waals surface area contributed by atoms with Crippen molar-refractivity contribution in [2.24, 2.45) is 7.05 Å². The molecule has 0 aliphatic carbocycles. The minimum atomic E-state index is 0. The van der Waals surface area contributed by atoms with E-state index < -0.39 is 0 Å². The number of aryl methyl sites for hydroxylation is 2. The fourth-order valence-electron chi connectivity index (χ4n) is 1.56. The molecular weight excluding hydrogens is 209 g/mol. The van der Waals surface area contributed by atoms with E-state index in [1.165, 1.54) is 24.1 Å². The molecular formula is C8H15Cl2N3. The molecule has 0 spiro atoms. The molecule has 0 atom stereocenters. The maximum atomic E-state index is 4.22. The summed E-state index contributed by atoms with van der Waals surface area (Å²) in [6.07, 6.45) is 4.40. The highest BCUT2D eigenvalue weighted by Crippen LogP contribution is 2.11. The Morgan fingerprint density at radius 3 is 3.00 bits per heavy atom. The highest BCUT2D eigenvalue weighted by molar-refractivity contribution is 5.85. The maximum absolute atomic E-state index is 4.22. The van der Waals surface area contributed by atoms with Crippen molar-refractivity contribution in [2.45, 2.75) is 19.4 Å². The van der Waals surface area contributed by atoms with Gasteiger partial charge in [-0.15, -0.1) is 24.8 Å². The Morgan fingerprint density at radius 1 is 1.46 bits per heavy atom. The molecule has 0 fully saturated rings. The van der Waals surface area contributed by atoms with Gasteiger partial charge in [0.1, 0.15) is 0 Å². The third-order valence-electron chi connectivity index (χ3n) is 2.24. The minimum absolute atomic E-state index is 0. The molecule has 0 saturated carbocycles. The Morgan fingerprint density at radius 2 is 2.23 bits per heavy atom. The third-order valence-corrected chi connectivity index (χ3v) is 2.24. The van der Waals surface area contributed by atoms with Crippen LogP contribution in [-0.2, 0) is 20.0 Å². The maximum Gasteiger partial charge on any atom is 0.0550 e. The fourth-order valence-corrected chi connectivity index (χ4v) is 1.56. The summed E-state index contributed by atoms with van der Waals surface area (Å²) in [6, 6.07) is 0. The molecule has 1 aromatic heterocycles. The summed E-state index contributed by atoms with van der Waals surface area (Å²) in [6.45, 7) is 2.11. The molecule has 1 aromatic rings. The first kappa shape index (κ1) is 12.8. The number of fused-ring (bicyclic) bond motifs is 1. The van der Waals surface area contributed by atoms with Crippen LogP contribution in [0.3, 0.4) is 0 Å². The van der Waals surface area contributed by atoms with Gasteiger partial charge < -0.3 is 5.32 Å². The van der Waals surface area contributed by atoms with E-state index in [0.29, 0.717) is 0 Å². The van der Waals surface area contributed by atoms with Gasteiger partial charge in [0.2, 0.25) is 0 Å². The molecule has 2 rings (SSSR count). The van der Waals surface area contributed by atoms with Gasteiger partial charge in [0, 0.05) is 13.6 Å². The van der Waals surface area contributed by atoms with Gasteiger partial charge in [0.25, 0.3) is 0 Å². The molecule has 0 unspecified atom stereocenters. The van der Waals surface area contributed by atoms with Crippen molar-refractivity contribution in [3.63, 3.8) is 0 Å². The van der Waals surface area contributed by atoms with Crippen LogP contribution in [0.1, 0.15) is 17.7 Å². The van der Waals surface area contributed by atoms with Gasteiger partial charge in [-0.25, -0.2) is 0 Å². The second-order valence-corrected chi connectivity index (χ2v) is 3.02. The van der Waals surface area contributed by atoms with E-state index in [1.54, 1.807) is 0 Å². The van der Waals surface area contributed by atoms with Crippen molar-refractivity contribution in [1.82, 2.24) is 15.1 Å². The first-order chi connectivity index (χ1) is 5.38. The van der Waals surface area contributed by atoms with Crippen LogP contribution in [-0.4, -0.2) is 16.3 Å². The van der Waals surface area contributed by atoms with E-state index in [4.69, 9.17) is 0 Å². The van der Waals surface area contributed by atoms with Crippen LogP contribution in [0.15, 0.2) is 6.20 Å². The first-order valence-electron chi connectivity index (χ1n) is 4.08. The van der Waals surface area contributed by atoms with Gasteiger partial charge in [-0.2, -0.15) is 5.10 Å². The molecule has 3 nitrogen and oxygen atoms in total. The molecule has 1 N–H and O–H groups in total. The number of nitrogens with zero attached hydrogens (tertiary/aromatic N) is 2. The lowest BCUT2D eigenvalue weighted by Gasteiger charge is -2.00. The SMILES string of the molecule is Cl.Cl.Cn1ncc2c1CNCCC2. The standard InChI is InChI=1S/C8H13N3.2ClH/c1-11-8-6-9-4-2-3-7(8)5-10-11;;/h5,9H,2-4,6H2,1H3;2*1H. The highest BCUT2D eigenvalue weighted by Gasteiger charge is 2.10. The summed E-state index contributed by atoms with van der Waals surface area (Å²) in [4.78, 5) is 0. The summed E-state index contributed by atoms with van der Waals surface area (Å²) in [5, 5.41) is 7.59. The lowest BCUT2D eigenvalue weighted by molar-refractivity contribution is 0.630. The summed E-state index contributed by atoms with van der Waals surface area (Å²) >= 11 is 0. The zero-order chi connectivity index (χ0) is 7.68. The zero-order valence-electron chi connectivity index (χ0n) is 7.62. The molecule has 1 aliphatic heterocycles. The Balaban J connectivity index is 0.000000720. The van der Waals surface area contributed by atoms with Crippen LogP contribution in [0.25, 0.3) is 0 Å². The summed E-state index contributed by atoms with van der Waals surface area (Å²) in [5.41, 5.74) is 2.76. The number of hydrogen-bond acceptors (Lipinski definition) is 2. The number of halogens is 2. The molecule has 76 valence electrons. The van der Waals surface area contributed by atoms with E-state index in [0.717, 1.165) is 13.1 Å². The minimum Gasteiger partial charge on any atom is -0.311 e. The van der Waals surface area contributed by atoms with E-state index in [2.05, 4.69) is 10.4 Å². The average molecular weight is 224 g/mol. The van der Waals surface area contributed by atoms with Crippen LogP contribution >= 0.6 is 24.8 Å². The van der Waals surface area contributed by atoms with Crippen LogP contribution < -0.4 is 5.32 Å². The van der Waals surface area contributed by atoms with Gasteiger partial charge in [-0.3, -0.25) is 4.68 Å². The smallest absolute Gasteiger partial charge is 0.0550 e. The average Bonchev–Trinajstić information content (AvgIpc) is 2.25. The predicted octanol–water partition coefficient (Wildman–Crippen LogP) is 1.30. The monoisotopic (exact) mass is 223 g/mol. The Hall–Kier alpha value is -0.250. The number of hydrogen-bond donors (Lipinski definition) is 1. The summed E-state index contributed by atoms with van der Waals surface area (Å²) < 4.78 is 1.97. The Bertz CT molecular complexity index is 260. The van der Waals surface area contributed by atoms with Crippen LogP contribution in [0.4, 0.5) is 0 Å². The first-order valence-corrected chi connectivity index (χ1v) is 4.08. The van der Waals surface area contributed by atoms with Gasteiger partial charge in [-0.05, 0) is 24.9 Å². The second kappa shape index (κ2) is 5.47. The zero-order valence-corrected chi connectivity index (χ0v) is 9.25. The van der Waals surface area contributed by atoms with Gasteiger partial charge >= 0.3 is 0 Å². The van der Waals surface area contributed by atoms with Gasteiger partial charge in [0.15, 0.2) is 0 Å². The van der Waals surface area contributed by atoms with Crippen molar-refractivity contribution in [3.8, 4) is 0 Å². The largest absolute Gasteiger partial charge is 0.311 e. The summed E-state index contributed by atoms with van der Waals surface area (Å²) in [5.74, 6) is 0. The van der Waals surface area contributed by atoms with E-state index >= 15 is 0 Å². The van der Waals surface area contributed by atoms with Crippen molar-refractivity contribution in [1.29, 1.82) is 0 Å². The number of nitrogens with one attached hydrogen (secondary N) is 1. The van der Waals surface area contributed by atoms with Crippen LogP contribution in [0.2, 0.25) is 0 Å². The third kappa shape index (κ3) is 2.59. The Labute approximate surface area is 90.7 Å². The molecule has 0 amide bonds. The normalized spacial score (nSPS) is 14.8. The quantitative estimate of drug-likeness (QED) is 0.719. The molecule has 0 radical (unpaired) electrons. The summed E-state index contributed by atoms with van der Waals surface area (Å²) in [7, 11) is 2.01. The van der Waals surface area contributed by atoms with Crippen molar-refractivity contribution >= 4 is 24.8 Å². The van der Waals surface area contributed by atoms with Crippen molar-refractivity contribution < 1.29 is 0 Å². The molecule has 0 aromatic carbocycles. The molecule has 1 aliphatic rings. The van der Waals surface area contributed by atoms with Crippen LogP contribution in [0, 0.1) is 0 Å². The molecule has 5 heteroatoms. The van der Waals surface area contributed by atoms with Crippen molar-refractivity contribution in [3.05, 3.63) is 17.5 Å². The van der Waals surface area contributed by atoms with E-state index in [-0.39, 0.29) is 24.8 Å². The molecule has 13 heavy (non-hydrogen) atoms. The lowest BCUT2D eigenvalue weighted by Crippen LogP contribution is -2.14. The van der Waals surface area contributed by atoms with Crippen molar-refractivity contribution in [2.75, 3.05) is 6.54 Å². The topological polar surface area (TPSA) is 29.9 Å². The Kier molecular flexibility index (Phi) is 5.37. The van der Waals surface area contributed by atoms with Gasteiger partial charge in [0.05, 0.1) is 11.9 Å².